The minimum Gasteiger partial charge on any atom is -0.390 e. The van der Waals surface area contributed by atoms with Crippen LogP contribution in [0.1, 0.15) is 150 Å². The van der Waals surface area contributed by atoms with Crippen molar-refractivity contribution in [1.29, 1.82) is 0 Å². The Balaban J connectivity index is 3.08. The molecular weight excluding hydrogens is 1140 g/mol. The van der Waals surface area contributed by atoms with Gasteiger partial charge in [-0.1, -0.05) is 109 Å². The minimum atomic E-state index is -1.71. The highest BCUT2D eigenvalue weighted by Gasteiger charge is 2.53. The summed E-state index contributed by atoms with van der Waals surface area (Å²) in [4.78, 5) is 172. The fraction of sp³-hybridized carbons (Fsp3) is 0.769. The van der Waals surface area contributed by atoms with Crippen LogP contribution in [0.25, 0.3) is 0 Å². The molecule has 0 bridgehead atoms. The molecule has 2 saturated heterocycles. The predicted molar refractivity (Wildman–Crippen MR) is 341 cm³/mol. The van der Waals surface area contributed by atoms with Crippen LogP contribution in [0.2, 0.25) is 0 Å². The van der Waals surface area contributed by atoms with Crippen molar-refractivity contribution in [2.24, 2.45) is 41.4 Å². The van der Waals surface area contributed by atoms with Crippen molar-refractivity contribution in [2.75, 3.05) is 55.9 Å². The number of likely N-dealkylation sites (N-methyl/N-ethyl adjacent to an activating group) is 7. The number of carbonyl (C=O) groups excluding carboxylic acids is 11. The third-order valence-corrected chi connectivity index (χ3v) is 17.1. The first kappa shape index (κ1) is 78.7. The molecule has 0 radical (unpaired) electrons. The highest BCUT2D eigenvalue weighted by molar-refractivity contribution is 6.00. The number of hydrogen-bond acceptors (Lipinski definition) is 13. The lowest BCUT2D eigenvalue weighted by molar-refractivity contribution is -0.161. The van der Waals surface area contributed by atoms with E-state index in [1.165, 1.54) is 93.8 Å². The molecule has 4 unspecified atom stereocenters. The van der Waals surface area contributed by atoms with Crippen molar-refractivity contribution in [1.82, 2.24) is 55.1 Å². The molecule has 0 spiro atoms. The van der Waals surface area contributed by atoms with Gasteiger partial charge in [0.1, 0.15) is 60.4 Å². The van der Waals surface area contributed by atoms with Crippen molar-refractivity contribution in [2.45, 2.75) is 229 Å². The lowest BCUT2D eigenvalue weighted by atomic mass is 9.91. The molecule has 89 heavy (non-hydrogen) atoms. The van der Waals surface area contributed by atoms with Gasteiger partial charge in [-0.15, -0.1) is 0 Å². The molecule has 2 aliphatic rings. The second kappa shape index (κ2) is 34.7. The maximum absolute atomic E-state index is 15.7. The lowest BCUT2D eigenvalue weighted by Crippen LogP contribution is -2.64. The Morgan fingerprint density at radius 2 is 0.933 bits per heavy atom. The topological polar surface area (TPSA) is 279 Å². The van der Waals surface area contributed by atoms with Crippen LogP contribution in [0.3, 0.4) is 0 Å². The third-order valence-electron chi connectivity index (χ3n) is 17.1. The van der Waals surface area contributed by atoms with E-state index in [9.17, 15) is 38.7 Å². The molecule has 506 valence electrons. The highest BCUT2D eigenvalue weighted by Crippen LogP contribution is 2.31. The van der Waals surface area contributed by atoms with Crippen LogP contribution in [0.5, 0.6) is 0 Å². The van der Waals surface area contributed by atoms with E-state index in [2.05, 4.69) is 22.5 Å². The average Bonchev–Trinajstić information content (AvgIpc) is 3.69. The summed E-state index contributed by atoms with van der Waals surface area (Å²) in [5.74, 6) is -10.1. The SMILES string of the molecule is C=CC1OC(C)[C@H]2C(=O)N(C)CC(=O)N(C)[C@@H](CC(C)C)C(=O)N[C@@H](C(C)C)C(=O)N(C)[C@@H](CC(C)C)C(=O)N[C@@H](C)C(=O)N[C@@H](C)C(=O)N(C)[C@@H](CC(C)C)C(=O)N(C)[C@@H](CC(C)C)C(=O)N(C)[C@@H](C(C)C)C(=O)N(C)[C@H](C(O)C(C)C/C=C/C)C(=O)N12. The molecule has 0 aliphatic carbocycles. The normalized spacial score (nSPS) is 28.6. The molecular formula is C65H113N11O13. The minimum absolute atomic E-state index is 0.125. The summed E-state index contributed by atoms with van der Waals surface area (Å²) >= 11 is 0. The number of ether oxygens (including phenoxy) is 1. The zero-order valence-corrected chi connectivity index (χ0v) is 58.2. The lowest BCUT2D eigenvalue weighted by Gasteiger charge is -2.42. The van der Waals surface area contributed by atoms with Crippen molar-refractivity contribution < 1.29 is 62.6 Å². The van der Waals surface area contributed by atoms with Gasteiger partial charge in [0.25, 0.3) is 5.91 Å². The van der Waals surface area contributed by atoms with Gasteiger partial charge in [-0.25, -0.2) is 0 Å². The Morgan fingerprint density at radius 3 is 1.39 bits per heavy atom. The standard InChI is InChI=1S/C65H113N11O13/c1-26-28-29-41(15)55(78)54-65(88)76-50(27-2)89-44(18)53(76)63(86)69(19)34-49(77)70(20)45(30-35(3)4)58(81)68-51(39(11)12)62(85)71(21)46(31-36(5)6)57(80)66-42(16)56(79)67-43(17)59(82)72(22)47(32-37(7)8)60(83)73(23)48(33-38(9)10)61(84)74(24)52(40(13)14)64(87)75(54)25/h26-28,35-48,50-55,78H,2,29-34H2,1,3-25H3,(H,66,80)(H,67,79)(H,68,81)/b28-26+/t41?,42-,43-,44?,45-,46-,47-,48-,50?,51-,52-,53-,54+,55?/m0/s1. The van der Waals surface area contributed by atoms with E-state index < -0.39 is 168 Å². The Kier molecular flexibility index (Phi) is 30.7. The molecule has 24 nitrogen and oxygen atoms in total. The average molecular weight is 1260 g/mol. The quantitative estimate of drug-likeness (QED) is 0.171. The van der Waals surface area contributed by atoms with Crippen LogP contribution in [0, 0.1) is 41.4 Å². The number of fused-ring (bicyclic) bond motifs is 1. The molecule has 24 heteroatoms. The fourth-order valence-corrected chi connectivity index (χ4v) is 11.7. The van der Waals surface area contributed by atoms with Gasteiger partial charge in [0.05, 0.1) is 18.8 Å². The largest absolute Gasteiger partial charge is 0.390 e. The second-order valence-electron chi connectivity index (χ2n) is 27.3. The number of aliphatic hydroxyl groups excluding tert-OH is 1. The van der Waals surface area contributed by atoms with E-state index >= 15 is 19.2 Å². The van der Waals surface area contributed by atoms with E-state index in [1.54, 1.807) is 60.6 Å². The number of nitrogens with one attached hydrogen (secondary N) is 3. The van der Waals surface area contributed by atoms with Gasteiger partial charge in [0, 0.05) is 49.3 Å². The van der Waals surface area contributed by atoms with E-state index in [0.717, 1.165) is 14.7 Å². The van der Waals surface area contributed by atoms with Gasteiger partial charge in [-0.05, 0) is 107 Å². The van der Waals surface area contributed by atoms with Gasteiger partial charge in [-0.2, -0.15) is 0 Å². The molecule has 0 aromatic carbocycles. The molecule has 2 aliphatic heterocycles. The maximum Gasteiger partial charge on any atom is 0.251 e. The smallest absolute Gasteiger partial charge is 0.251 e. The Labute approximate surface area is 531 Å². The second-order valence-corrected chi connectivity index (χ2v) is 27.3. The molecule has 0 aromatic heterocycles. The van der Waals surface area contributed by atoms with Crippen LogP contribution in [0.4, 0.5) is 0 Å². The van der Waals surface area contributed by atoms with Crippen molar-refractivity contribution in [3.8, 4) is 0 Å². The Morgan fingerprint density at radius 1 is 0.506 bits per heavy atom. The van der Waals surface area contributed by atoms with Crippen LogP contribution in [-0.2, 0) is 57.5 Å². The third kappa shape index (κ3) is 20.3. The van der Waals surface area contributed by atoms with Crippen molar-refractivity contribution >= 4 is 65.0 Å². The van der Waals surface area contributed by atoms with Gasteiger partial charge < -0.3 is 60.1 Å². The van der Waals surface area contributed by atoms with Crippen molar-refractivity contribution in [3.63, 3.8) is 0 Å². The molecule has 11 amide bonds. The van der Waals surface area contributed by atoms with Gasteiger partial charge >= 0.3 is 0 Å². The summed E-state index contributed by atoms with van der Waals surface area (Å²) in [5.41, 5.74) is 0. The first-order chi connectivity index (χ1) is 41.1. The van der Waals surface area contributed by atoms with Crippen LogP contribution in [-0.4, -0.2) is 244 Å². The summed E-state index contributed by atoms with van der Waals surface area (Å²) in [6.07, 6.45) is 1.84. The van der Waals surface area contributed by atoms with E-state index in [0.29, 0.717) is 0 Å². The van der Waals surface area contributed by atoms with E-state index in [4.69, 9.17) is 4.74 Å². The number of carbonyl (C=O) groups is 11. The van der Waals surface area contributed by atoms with E-state index in [1.807, 2.05) is 55.4 Å². The number of hydrogen-bond donors (Lipinski definition) is 4. The summed E-state index contributed by atoms with van der Waals surface area (Å²) in [7, 11) is 9.87. The first-order valence-electron chi connectivity index (χ1n) is 31.8. The number of aliphatic hydroxyl groups is 1. The Hall–Kier alpha value is -6.43. The summed E-state index contributed by atoms with van der Waals surface area (Å²) in [6, 6.07) is -12.8. The van der Waals surface area contributed by atoms with Crippen molar-refractivity contribution in [3.05, 3.63) is 24.8 Å². The van der Waals surface area contributed by atoms with Crippen LogP contribution in [0.15, 0.2) is 24.8 Å². The first-order valence-corrected chi connectivity index (χ1v) is 31.8. The van der Waals surface area contributed by atoms with Crippen LogP contribution >= 0.6 is 0 Å². The molecule has 2 fully saturated rings. The summed E-state index contributed by atoms with van der Waals surface area (Å²) < 4.78 is 6.20. The molecule has 2 rings (SSSR count). The highest BCUT2D eigenvalue weighted by atomic mass is 16.5. The molecule has 0 saturated carbocycles. The fourth-order valence-electron chi connectivity index (χ4n) is 11.7. The van der Waals surface area contributed by atoms with Gasteiger partial charge in [0.15, 0.2) is 6.23 Å². The number of nitrogens with zero attached hydrogens (tertiary/aromatic N) is 8. The van der Waals surface area contributed by atoms with Gasteiger partial charge in [0.2, 0.25) is 59.1 Å². The number of rotatable bonds is 15. The summed E-state index contributed by atoms with van der Waals surface area (Å²) in [6.45, 7) is 33.0. The Bertz CT molecular complexity index is 2520. The zero-order chi connectivity index (χ0) is 68.7. The summed E-state index contributed by atoms with van der Waals surface area (Å²) in [5, 5.41) is 20.7. The monoisotopic (exact) mass is 1260 g/mol. The number of allylic oxidation sites excluding steroid dienone is 2. The number of amides is 11. The van der Waals surface area contributed by atoms with Crippen LogP contribution < -0.4 is 16.0 Å². The van der Waals surface area contributed by atoms with E-state index in [-0.39, 0.29) is 55.8 Å². The molecule has 2 heterocycles. The zero-order valence-electron chi connectivity index (χ0n) is 58.2. The predicted octanol–water partition coefficient (Wildman–Crippen LogP) is 3.50. The maximum atomic E-state index is 15.7. The molecule has 14 atom stereocenters. The molecule has 0 aromatic rings. The molecule has 4 N–H and O–H groups in total. The van der Waals surface area contributed by atoms with Gasteiger partial charge in [-0.3, -0.25) is 57.6 Å².